The van der Waals surface area contributed by atoms with Crippen molar-refractivity contribution in [1.82, 2.24) is 0 Å². The van der Waals surface area contributed by atoms with Gasteiger partial charge in [0.2, 0.25) is 15.6 Å². The van der Waals surface area contributed by atoms with Crippen molar-refractivity contribution >= 4 is 21.6 Å². The van der Waals surface area contributed by atoms with E-state index in [9.17, 15) is 26.8 Å². The highest BCUT2D eigenvalue weighted by Gasteiger charge is 2.27. The average molecular weight is 382 g/mol. The van der Waals surface area contributed by atoms with Crippen molar-refractivity contribution in [3.63, 3.8) is 0 Å². The van der Waals surface area contributed by atoms with Gasteiger partial charge in [-0.05, 0) is 38.1 Å². The van der Waals surface area contributed by atoms with Gasteiger partial charge in [-0.15, -0.1) is 0 Å². The number of sulfone groups is 1. The predicted molar refractivity (Wildman–Crippen MR) is 90.0 cm³/mol. The molecule has 0 bridgehead atoms. The fraction of sp³-hybridized carbons (Fsp3) is 0.222. The average Bonchev–Trinajstić information content (AvgIpc) is 2.61. The van der Waals surface area contributed by atoms with Gasteiger partial charge >= 0.3 is 11.7 Å². The van der Waals surface area contributed by atoms with Crippen molar-refractivity contribution in [2.24, 2.45) is 0 Å². The largest absolute Gasteiger partial charge is 0.451 e. The molecule has 2 aromatic carbocycles. The Balaban J connectivity index is 2.09. The molecule has 8 heteroatoms. The normalized spacial score (nSPS) is 12.7. The number of alkyl halides is 2. The number of ketones is 1. The number of benzene rings is 2. The Morgan fingerprint density at radius 1 is 0.923 bits per heavy atom. The third kappa shape index (κ3) is 4.32. The van der Waals surface area contributed by atoms with Crippen LogP contribution in [0.3, 0.4) is 0 Å². The maximum Gasteiger partial charge on any atom is 0.341 e. The molecule has 2 rings (SSSR count). The fourth-order valence-corrected chi connectivity index (χ4v) is 2.84. The van der Waals surface area contributed by atoms with E-state index < -0.39 is 38.3 Å². The van der Waals surface area contributed by atoms with Crippen LogP contribution in [0, 0.1) is 6.92 Å². The summed E-state index contributed by atoms with van der Waals surface area (Å²) in [6.07, 6.45) is -1.06. The van der Waals surface area contributed by atoms with Gasteiger partial charge in [-0.3, -0.25) is 4.79 Å². The molecule has 0 amide bonds. The van der Waals surface area contributed by atoms with Gasteiger partial charge < -0.3 is 4.74 Å². The SMILES string of the molecule is Cc1ccc(C(=O)C(C)OC(=O)c2ccc(S(=O)(=O)C(F)F)cc2)cc1. The molecule has 26 heavy (non-hydrogen) atoms. The molecule has 1 atom stereocenters. The van der Waals surface area contributed by atoms with E-state index in [4.69, 9.17) is 4.74 Å². The number of ether oxygens (including phenoxy) is 1. The lowest BCUT2D eigenvalue weighted by molar-refractivity contribution is 0.0318. The number of hydrogen-bond donors (Lipinski definition) is 0. The minimum absolute atomic E-state index is 0.0539. The van der Waals surface area contributed by atoms with Crippen LogP contribution in [0.4, 0.5) is 8.78 Å². The zero-order valence-corrected chi connectivity index (χ0v) is 14.8. The molecule has 0 N–H and O–H groups in total. The third-order valence-corrected chi connectivity index (χ3v) is 5.04. The highest BCUT2D eigenvalue weighted by molar-refractivity contribution is 7.91. The van der Waals surface area contributed by atoms with Gasteiger partial charge in [-0.1, -0.05) is 29.8 Å². The topological polar surface area (TPSA) is 77.5 Å². The van der Waals surface area contributed by atoms with E-state index in [0.29, 0.717) is 5.56 Å². The minimum atomic E-state index is -4.73. The van der Waals surface area contributed by atoms with E-state index in [1.807, 2.05) is 6.92 Å². The van der Waals surface area contributed by atoms with Crippen LogP contribution in [0.25, 0.3) is 0 Å². The molecule has 0 saturated carbocycles. The molecule has 1 unspecified atom stereocenters. The zero-order valence-electron chi connectivity index (χ0n) is 14.0. The second-order valence-corrected chi connectivity index (χ2v) is 7.53. The van der Waals surface area contributed by atoms with Crippen molar-refractivity contribution in [2.45, 2.75) is 30.6 Å². The number of hydrogen-bond acceptors (Lipinski definition) is 5. The summed E-state index contributed by atoms with van der Waals surface area (Å²) in [5.41, 5.74) is 1.31. The molecule has 0 saturated heterocycles. The summed E-state index contributed by atoms with van der Waals surface area (Å²) in [7, 11) is -4.73. The Labute approximate surface area is 149 Å². The van der Waals surface area contributed by atoms with Gasteiger partial charge in [0.25, 0.3) is 0 Å². The van der Waals surface area contributed by atoms with E-state index in [2.05, 4.69) is 0 Å². The van der Waals surface area contributed by atoms with Crippen molar-refractivity contribution in [1.29, 1.82) is 0 Å². The first-order chi connectivity index (χ1) is 12.1. The lowest BCUT2D eigenvalue weighted by Gasteiger charge is -2.13. The van der Waals surface area contributed by atoms with E-state index >= 15 is 0 Å². The summed E-state index contributed by atoms with van der Waals surface area (Å²) in [6, 6.07) is 10.6. The summed E-state index contributed by atoms with van der Waals surface area (Å²) < 4.78 is 52.7. The van der Waals surface area contributed by atoms with E-state index in [-0.39, 0.29) is 5.56 Å². The van der Waals surface area contributed by atoms with Crippen molar-refractivity contribution < 1.29 is 31.5 Å². The predicted octanol–water partition coefficient (Wildman–Crippen LogP) is 3.42. The van der Waals surface area contributed by atoms with Crippen LogP contribution in [0.15, 0.2) is 53.4 Å². The summed E-state index contributed by atoms with van der Waals surface area (Å²) in [5.74, 6) is -4.80. The molecule has 0 aliphatic carbocycles. The van der Waals surface area contributed by atoms with E-state index in [0.717, 1.165) is 29.8 Å². The standard InChI is InChI=1S/C18H16F2O5S/c1-11-3-5-13(6-4-11)16(21)12(2)25-17(22)14-7-9-15(10-8-14)26(23,24)18(19)20/h3-10,12,18H,1-2H3. The zero-order chi connectivity index (χ0) is 19.5. The molecule has 138 valence electrons. The summed E-state index contributed by atoms with van der Waals surface area (Å²) in [6.45, 7) is 3.28. The maximum atomic E-state index is 12.5. The van der Waals surface area contributed by atoms with Gasteiger partial charge in [0, 0.05) is 5.56 Å². The highest BCUT2D eigenvalue weighted by atomic mass is 32.2. The third-order valence-electron chi connectivity index (χ3n) is 3.64. The molecular weight excluding hydrogens is 366 g/mol. The lowest BCUT2D eigenvalue weighted by Crippen LogP contribution is -2.24. The number of rotatable bonds is 6. The van der Waals surface area contributed by atoms with Crippen LogP contribution in [0.2, 0.25) is 0 Å². The summed E-state index contributed by atoms with van der Waals surface area (Å²) in [4.78, 5) is 23.7. The lowest BCUT2D eigenvalue weighted by atomic mass is 10.1. The molecule has 5 nitrogen and oxygen atoms in total. The molecular formula is C18H16F2O5S. The highest BCUT2D eigenvalue weighted by Crippen LogP contribution is 2.19. The minimum Gasteiger partial charge on any atom is -0.451 e. The first-order valence-electron chi connectivity index (χ1n) is 7.57. The Morgan fingerprint density at radius 3 is 1.92 bits per heavy atom. The van der Waals surface area contributed by atoms with Crippen LogP contribution in [-0.2, 0) is 14.6 Å². The molecule has 2 aromatic rings. The van der Waals surface area contributed by atoms with Gasteiger partial charge in [-0.2, -0.15) is 8.78 Å². The van der Waals surface area contributed by atoms with Gasteiger partial charge in [0.1, 0.15) is 0 Å². The van der Waals surface area contributed by atoms with E-state index in [1.165, 1.54) is 6.92 Å². The van der Waals surface area contributed by atoms with Gasteiger partial charge in [-0.25, -0.2) is 13.2 Å². The van der Waals surface area contributed by atoms with Gasteiger partial charge in [0.15, 0.2) is 6.10 Å². The van der Waals surface area contributed by atoms with Crippen molar-refractivity contribution in [3.05, 3.63) is 65.2 Å². The molecule has 0 aliphatic rings. The summed E-state index contributed by atoms with van der Waals surface area (Å²) >= 11 is 0. The van der Waals surface area contributed by atoms with Crippen LogP contribution < -0.4 is 0 Å². The van der Waals surface area contributed by atoms with Crippen molar-refractivity contribution in [2.75, 3.05) is 0 Å². The van der Waals surface area contributed by atoms with Crippen LogP contribution in [-0.4, -0.2) is 32.0 Å². The molecule has 0 heterocycles. The number of Topliss-reactive ketones (excluding diaryl/α,β-unsaturated/α-hetero) is 1. The van der Waals surface area contributed by atoms with Gasteiger partial charge in [0.05, 0.1) is 10.5 Å². The number of halogens is 2. The second kappa shape index (κ2) is 7.74. The molecule has 0 aromatic heterocycles. The molecule has 0 radical (unpaired) electrons. The number of aryl methyl sites for hydroxylation is 1. The number of esters is 1. The number of carbonyl (C=O) groups excluding carboxylic acids is 2. The Hall–Kier alpha value is -2.61. The maximum absolute atomic E-state index is 12.5. The molecule has 0 aliphatic heterocycles. The fourth-order valence-electron chi connectivity index (χ4n) is 2.12. The quantitative estimate of drug-likeness (QED) is 0.565. The first kappa shape index (κ1) is 19.7. The monoisotopic (exact) mass is 382 g/mol. The number of carbonyl (C=O) groups is 2. The first-order valence-corrected chi connectivity index (χ1v) is 9.11. The van der Waals surface area contributed by atoms with Crippen molar-refractivity contribution in [3.8, 4) is 0 Å². The summed E-state index contributed by atoms with van der Waals surface area (Å²) in [5, 5.41) is 0. The molecule has 0 fully saturated rings. The van der Waals surface area contributed by atoms with Crippen LogP contribution >= 0.6 is 0 Å². The second-order valence-electron chi connectivity index (χ2n) is 5.61. The smallest absolute Gasteiger partial charge is 0.341 e. The van der Waals surface area contributed by atoms with Crippen LogP contribution in [0.5, 0.6) is 0 Å². The van der Waals surface area contributed by atoms with Crippen LogP contribution in [0.1, 0.15) is 33.2 Å². The Morgan fingerprint density at radius 2 is 1.42 bits per heavy atom. The molecule has 0 spiro atoms. The Kier molecular flexibility index (Phi) is 5.86. The Bertz CT molecular complexity index is 904. The van der Waals surface area contributed by atoms with E-state index in [1.54, 1.807) is 24.3 Å².